The summed E-state index contributed by atoms with van der Waals surface area (Å²) in [6.45, 7) is 14.2. The third-order valence-corrected chi connectivity index (χ3v) is 8.27. The number of rotatable bonds is 8. The van der Waals surface area contributed by atoms with Gasteiger partial charge in [0.1, 0.15) is 0 Å². The molecule has 0 aliphatic rings. The average Bonchev–Trinajstić information content (AvgIpc) is 2.23. The standard InChI is InChI=1S/C15H32O2Si/c1-7-8-9-11-14(16)12-10-13-17-18(5,6)15(2,3)4/h9,11,14,16H,7-8,10,12-13H2,1-6H3/b11-9+/t14-/m1/s1. The monoisotopic (exact) mass is 272 g/mol. The molecule has 0 radical (unpaired) electrons. The van der Waals surface area contributed by atoms with Gasteiger partial charge in [-0.1, -0.05) is 46.3 Å². The summed E-state index contributed by atoms with van der Waals surface area (Å²) in [5, 5.41) is 10.0. The Morgan fingerprint density at radius 1 is 1.28 bits per heavy atom. The largest absolute Gasteiger partial charge is 0.417 e. The van der Waals surface area contributed by atoms with Crippen LogP contribution in [0.3, 0.4) is 0 Å². The lowest BCUT2D eigenvalue weighted by atomic mass is 10.2. The van der Waals surface area contributed by atoms with Gasteiger partial charge in [-0.15, -0.1) is 0 Å². The van der Waals surface area contributed by atoms with Gasteiger partial charge in [0.05, 0.1) is 6.10 Å². The summed E-state index contributed by atoms with van der Waals surface area (Å²) in [7, 11) is -1.61. The molecule has 0 fully saturated rings. The highest BCUT2D eigenvalue weighted by Gasteiger charge is 2.36. The maximum atomic E-state index is 9.73. The Balaban J connectivity index is 3.80. The molecule has 0 amide bonds. The van der Waals surface area contributed by atoms with Gasteiger partial charge in [-0.3, -0.25) is 0 Å². The molecule has 0 aromatic rings. The predicted molar refractivity (Wildman–Crippen MR) is 82.4 cm³/mol. The van der Waals surface area contributed by atoms with E-state index in [0.717, 1.165) is 32.3 Å². The molecule has 0 rings (SSSR count). The van der Waals surface area contributed by atoms with Crippen LogP contribution in [0, 0.1) is 0 Å². The molecule has 0 heterocycles. The molecule has 2 nitrogen and oxygen atoms in total. The molecule has 0 saturated heterocycles. The van der Waals surface area contributed by atoms with Crippen molar-refractivity contribution in [3.8, 4) is 0 Å². The van der Waals surface area contributed by atoms with Crippen molar-refractivity contribution < 1.29 is 9.53 Å². The molecule has 18 heavy (non-hydrogen) atoms. The summed E-state index contributed by atoms with van der Waals surface area (Å²) in [6, 6.07) is 0. The van der Waals surface area contributed by atoms with Crippen molar-refractivity contribution in [1.82, 2.24) is 0 Å². The number of unbranched alkanes of at least 4 members (excludes halogenated alkanes) is 1. The third-order valence-electron chi connectivity index (χ3n) is 3.73. The minimum atomic E-state index is -1.61. The van der Waals surface area contributed by atoms with E-state index in [1.807, 2.05) is 6.08 Å². The second-order valence-electron chi connectivity index (χ2n) is 6.54. The maximum absolute atomic E-state index is 9.73. The summed E-state index contributed by atoms with van der Waals surface area (Å²) in [5.41, 5.74) is 0. The lowest BCUT2D eigenvalue weighted by molar-refractivity contribution is 0.191. The third kappa shape index (κ3) is 7.34. The highest BCUT2D eigenvalue weighted by molar-refractivity contribution is 6.74. The summed E-state index contributed by atoms with van der Waals surface area (Å²) < 4.78 is 6.07. The Hall–Kier alpha value is -0.123. The maximum Gasteiger partial charge on any atom is 0.191 e. The molecule has 108 valence electrons. The number of hydrogen-bond donors (Lipinski definition) is 1. The van der Waals surface area contributed by atoms with E-state index in [9.17, 15) is 5.11 Å². The highest BCUT2D eigenvalue weighted by atomic mass is 28.4. The van der Waals surface area contributed by atoms with E-state index < -0.39 is 8.32 Å². The van der Waals surface area contributed by atoms with Gasteiger partial charge < -0.3 is 9.53 Å². The fourth-order valence-corrected chi connectivity index (χ4v) is 2.44. The van der Waals surface area contributed by atoms with Gasteiger partial charge in [0.2, 0.25) is 0 Å². The second kappa shape index (κ2) is 8.13. The minimum absolute atomic E-state index is 0.270. The van der Waals surface area contributed by atoms with E-state index in [2.05, 4.69) is 46.9 Å². The van der Waals surface area contributed by atoms with Crippen LogP contribution in [0.4, 0.5) is 0 Å². The molecule has 0 bridgehead atoms. The number of aliphatic hydroxyl groups excluding tert-OH is 1. The van der Waals surface area contributed by atoms with Gasteiger partial charge in [-0.2, -0.15) is 0 Å². The van der Waals surface area contributed by atoms with Crippen LogP contribution in [0.1, 0.15) is 53.4 Å². The summed E-state index contributed by atoms with van der Waals surface area (Å²) >= 11 is 0. The normalized spacial score (nSPS) is 15.3. The second-order valence-corrected chi connectivity index (χ2v) is 11.3. The minimum Gasteiger partial charge on any atom is -0.417 e. The van der Waals surface area contributed by atoms with Crippen molar-refractivity contribution in [3.63, 3.8) is 0 Å². The van der Waals surface area contributed by atoms with E-state index in [1.165, 1.54) is 0 Å². The zero-order chi connectivity index (χ0) is 14.2. The summed E-state index contributed by atoms with van der Waals surface area (Å²) in [6.07, 6.45) is 7.60. The fourth-order valence-electron chi connectivity index (χ4n) is 1.35. The molecule has 0 aliphatic carbocycles. The first-order valence-electron chi connectivity index (χ1n) is 7.19. The zero-order valence-electron chi connectivity index (χ0n) is 13.1. The smallest absolute Gasteiger partial charge is 0.191 e. The van der Waals surface area contributed by atoms with Gasteiger partial charge in [0, 0.05) is 6.61 Å². The average molecular weight is 273 g/mol. The van der Waals surface area contributed by atoms with Crippen LogP contribution < -0.4 is 0 Å². The topological polar surface area (TPSA) is 29.5 Å². The van der Waals surface area contributed by atoms with Crippen LogP contribution in [-0.2, 0) is 4.43 Å². The Labute approximate surface area is 115 Å². The Morgan fingerprint density at radius 3 is 2.39 bits per heavy atom. The van der Waals surface area contributed by atoms with Crippen LogP contribution in [0.5, 0.6) is 0 Å². The lowest BCUT2D eigenvalue weighted by Gasteiger charge is -2.36. The summed E-state index contributed by atoms with van der Waals surface area (Å²) in [5.74, 6) is 0. The predicted octanol–water partition coefficient (Wildman–Crippen LogP) is 4.51. The molecule has 0 aromatic heterocycles. The molecular formula is C15H32O2Si. The van der Waals surface area contributed by atoms with E-state index in [1.54, 1.807) is 0 Å². The van der Waals surface area contributed by atoms with Crippen molar-refractivity contribution >= 4 is 8.32 Å². The van der Waals surface area contributed by atoms with Crippen LogP contribution in [-0.4, -0.2) is 26.1 Å². The first kappa shape index (κ1) is 17.9. The van der Waals surface area contributed by atoms with Gasteiger partial charge >= 0.3 is 0 Å². The van der Waals surface area contributed by atoms with Gasteiger partial charge in [-0.25, -0.2) is 0 Å². The first-order valence-corrected chi connectivity index (χ1v) is 10.1. The van der Waals surface area contributed by atoms with Crippen LogP contribution in [0.15, 0.2) is 12.2 Å². The Kier molecular flexibility index (Phi) is 8.07. The van der Waals surface area contributed by atoms with E-state index in [4.69, 9.17) is 4.43 Å². The van der Waals surface area contributed by atoms with Gasteiger partial charge in [0.25, 0.3) is 0 Å². The highest BCUT2D eigenvalue weighted by Crippen LogP contribution is 2.36. The molecule has 0 spiro atoms. The Bertz CT molecular complexity index is 241. The van der Waals surface area contributed by atoms with Crippen molar-refractivity contribution in [1.29, 1.82) is 0 Å². The van der Waals surface area contributed by atoms with Gasteiger partial charge in [0.15, 0.2) is 8.32 Å². The van der Waals surface area contributed by atoms with Crippen molar-refractivity contribution in [3.05, 3.63) is 12.2 Å². The Morgan fingerprint density at radius 2 is 1.89 bits per heavy atom. The molecule has 0 saturated carbocycles. The van der Waals surface area contributed by atoms with Crippen molar-refractivity contribution in [2.75, 3.05) is 6.61 Å². The van der Waals surface area contributed by atoms with E-state index in [0.29, 0.717) is 0 Å². The molecular weight excluding hydrogens is 240 g/mol. The molecule has 3 heteroatoms. The van der Waals surface area contributed by atoms with Crippen LogP contribution in [0.25, 0.3) is 0 Å². The van der Waals surface area contributed by atoms with Crippen LogP contribution >= 0.6 is 0 Å². The fraction of sp³-hybridized carbons (Fsp3) is 0.867. The van der Waals surface area contributed by atoms with Crippen molar-refractivity contribution in [2.24, 2.45) is 0 Å². The molecule has 0 aliphatic heterocycles. The van der Waals surface area contributed by atoms with E-state index in [-0.39, 0.29) is 11.1 Å². The first-order chi connectivity index (χ1) is 8.20. The van der Waals surface area contributed by atoms with E-state index >= 15 is 0 Å². The quantitative estimate of drug-likeness (QED) is 0.400. The SMILES string of the molecule is CCC/C=C/[C@@H](O)CCCO[Si](C)(C)C(C)(C)C. The molecule has 0 aromatic carbocycles. The van der Waals surface area contributed by atoms with Crippen LogP contribution in [0.2, 0.25) is 18.1 Å². The number of allylic oxidation sites excluding steroid dienone is 1. The number of aliphatic hydroxyl groups is 1. The molecule has 1 atom stereocenters. The lowest BCUT2D eigenvalue weighted by Crippen LogP contribution is -2.41. The number of hydrogen-bond acceptors (Lipinski definition) is 2. The zero-order valence-corrected chi connectivity index (χ0v) is 14.1. The van der Waals surface area contributed by atoms with Crippen molar-refractivity contribution in [2.45, 2.75) is 77.6 Å². The molecule has 0 unspecified atom stereocenters. The molecule has 1 N–H and O–H groups in total. The van der Waals surface area contributed by atoms with Gasteiger partial charge in [-0.05, 0) is 37.4 Å². The summed E-state index contributed by atoms with van der Waals surface area (Å²) in [4.78, 5) is 0.